The van der Waals surface area contributed by atoms with Gasteiger partial charge >= 0.3 is 0 Å². The average molecular weight is 301 g/mol. The summed E-state index contributed by atoms with van der Waals surface area (Å²) in [7, 11) is -2.82. The molecule has 3 saturated heterocycles. The highest BCUT2D eigenvalue weighted by molar-refractivity contribution is 7.91. The van der Waals surface area contributed by atoms with Crippen molar-refractivity contribution in [2.45, 2.75) is 43.7 Å². The van der Waals surface area contributed by atoms with E-state index in [0.29, 0.717) is 24.1 Å². The second kappa shape index (κ2) is 5.55. The molecule has 3 fully saturated rings. The van der Waals surface area contributed by atoms with Crippen LogP contribution < -0.4 is 5.73 Å². The van der Waals surface area contributed by atoms with Crippen LogP contribution in [0.25, 0.3) is 0 Å². The lowest BCUT2D eigenvalue weighted by Gasteiger charge is -2.52. The molecule has 3 aliphatic rings. The van der Waals surface area contributed by atoms with Gasteiger partial charge in [-0.05, 0) is 32.2 Å². The van der Waals surface area contributed by atoms with E-state index < -0.39 is 9.84 Å². The maximum atomic E-state index is 11.7. The van der Waals surface area contributed by atoms with E-state index in [2.05, 4.69) is 9.80 Å². The van der Waals surface area contributed by atoms with Crippen molar-refractivity contribution in [1.82, 2.24) is 9.80 Å². The molecule has 5 nitrogen and oxygen atoms in total. The van der Waals surface area contributed by atoms with Crippen LogP contribution in [0.3, 0.4) is 0 Å². The third kappa shape index (κ3) is 2.75. The van der Waals surface area contributed by atoms with Crippen LogP contribution in [0.1, 0.15) is 32.1 Å². The Morgan fingerprint density at radius 3 is 2.55 bits per heavy atom. The normalized spacial score (nSPS) is 34.5. The van der Waals surface area contributed by atoms with Crippen LogP contribution in [-0.4, -0.2) is 74.0 Å². The summed E-state index contributed by atoms with van der Waals surface area (Å²) in [5.41, 5.74) is 6.01. The Bertz CT molecular complexity index is 437. The SMILES string of the molecule is NCC1(N2CCN3CCCCC3C2)CCS(=O)(=O)CC1. The van der Waals surface area contributed by atoms with Gasteiger partial charge < -0.3 is 5.73 Å². The lowest BCUT2D eigenvalue weighted by Crippen LogP contribution is -2.65. The lowest BCUT2D eigenvalue weighted by atomic mass is 9.87. The number of hydrogen-bond donors (Lipinski definition) is 1. The molecule has 0 spiro atoms. The summed E-state index contributed by atoms with van der Waals surface area (Å²) in [6.45, 7) is 5.09. The van der Waals surface area contributed by atoms with Gasteiger partial charge in [0.1, 0.15) is 9.84 Å². The van der Waals surface area contributed by atoms with Gasteiger partial charge in [0.15, 0.2) is 0 Å². The van der Waals surface area contributed by atoms with E-state index in [0.717, 1.165) is 32.5 Å². The molecule has 116 valence electrons. The molecule has 0 bridgehead atoms. The van der Waals surface area contributed by atoms with Gasteiger partial charge in [0.2, 0.25) is 0 Å². The smallest absolute Gasteiger partial charge is 0.150 e. The molecule has 3 heterocycles. The summed E-state index contributed by atoms with van der Waals surface area (Å²) < 4.78 is 23.4. The fourth-order valence-electron chi connectivity index (χ4n) is 4.15. The zero-order chi connectivity index (χ0) is 14.2. The largest absolute Gasteiger partial charge is 0.329 e. The molecule has 0 aromatic rings. The van der Waals surface area contributed by atoms with Crippen LogP contribution in [0.4, 0.5) is 0 Å². The maximum Gasteiger partial charge on any atom is 0.150 e. The topological polar surface area (TPSA) is 66.6 Å². The first-order chi connectivity index (χ1) is 9.55. The number of hydrogen-bond acceptors (Lipinski definition) is 5. The quantitative estimate of drug-likeness (QED) is 0.781. The van der Waals surface area contributed by atoms with Gasteiger partial charge in [-0.25, -0.2) is 8.42 Å². The summed E-state index contributed by atoms with van der Waals surface area (Å²) in [6, 6.07) is 0.666. The van der Waals surface area contributed by atoms with Crippen LogP contribution >= 0.6 is 0 Å². The molecule has 0 saturated carbocycles. The molecule has 0 radical (unpaired) electrons. The molecule has 0 amide bonds. The molecule has 6 heteroatoms. The molecular weight excluding hydrogens is 274 g/mol. The fourth-order valence-corrected chi connectivity index (χ4v) is 5.74. The summed E-state index contributed by atoms with van der Waals surface area (Å²) in [4.78, 5) is 5.14. The predicted octanol–water partition coefficient (Wildman–Crippen LogP) is 0.0626. The van der Waals surface area contributed by atoms with Crippen LogP contribution in [0, 0.1) is 0 Å². The first-order valence-electron chi connectivity index (χ1n) is 7.94. The van der Waals surface area contributed by atoms with Crippen molar-refractivity contribution in [1.29, 1.82) is 0 Å². The minimum absolute atomic E-state index is 0.0607. The lowest BCUT2D eigenvalue weighted by molar-refractivity contribution is -0.0152. The number of fused-ring (bicyclic) bond motifs is 1. The van der Waals surface area contributed by atoms with Gasteiger partial charge in [0, 0.05) is 37.8 Å². The van der Waals surface area contributed by atoms with E-state index >= 15 is 0 Å². The third-order valence-electron chi connectivity index (χ3n) is 5.64. The second-order valence-electron chi connectivity index (χ2n) is 6.71. The molecule has 0 aromatic heterocycles. The molecule has 0 aromatic carbocycles. The van der Waals surface area contributed by atoms with E-state index in [4.69, 9.17) is 5.73 Å². The second-order valence-corrected chi connectivity index (χ2v) is 9.02. The molecule has 1 atom stereocenters. The van der Waals surface area contributed by atoms with Gasteiger partial charge in [-0.15, -0.1) is 0 Å². The van der Waals surface area contributed by atoms with Crippen molar-refractivity contribution >= 4 is 9.84 Å². The molecule has 1 unspecified atom stereocenters. The van der Waals surface area contributed by atoms with E-state index in [1.165, 1.54) is 25.8 Å². The number of piperazine rings is 1. The van der Waals surface area contributed by atoms with Gasteiger partial charge in [0.05, 0.1) is 11.5 Å². The first-order valence-corrected chi connectivity index (χ1v) is 9.76. The van der Waals surface area contributed by atoms with E-state index in [9.17, 15) is 8.42 Å². The Balaban J connectivity index is 1.70. The van der Waals surface area contributed by atoms with Crippen molar-refractivity contribution in [3.05, 3.63) is 0 Å². The van der Waals surface area contributed by atoms with Crippen LogP contribution in [0.15, 0.2) is 0 Å². The number of sulfone groups is 1. The maximum absolute atomic E-state index is 11.7. The predicted molar refractivity (Wildman–Crippen MR) is 80.5 cm³/mol. The van der Waals surface area contributed by atoms with Crippen LogP contribution in [0.5, 0.6) is 0 Å². The van der Waals surface area contributed by atoms with E-state index in [1.807, 2.05) is 0 Å². The van der Waals surface area contributed by atoms with E-state index in [1.54, 1.807) is 0 Å². The number of piperidine rings is 1. The molecule has 3 rings (SSSR count). The molecular formula is C14H27N3O2S. The number of nitrogens with two attached hydrogens (primary N) is 1. The number of rotatable bonds is 2. The first kappa shape index (κ1) is 14.8. The van der Waals surface area contributed by atoms with Gasteiger partial charge in [-0.2, -0.15) is 0 Å². The van der Waals surface area contributed by atoms with Crippen molar-refractivity contribution in [2.24, 2.45) is 5.73 Å². The molecule has 20 heavy (non-hydrogen) atoms. The minimum Gasteiger partial charge on any atom is -0.329 e. The third-order valence-corrected chi connectivity index (χ3v) is 7.30. The standard InChI is InChI=1S/C14H27N3O2S/c15-12-14(4-9-20(18,19)10-5-14)17-8-7-16-6-2-1-3-13(16)11-17/h13H,1-12,15H2. The Morgan fingerprint density at radius 2 is 1.85 bits per heavy atom. The zero-order valence-electron chi connectivity index (χ0n) is 12.3. The van der Waals surface area contributed by atoms with Crippen molar-refractivity contribution < 1.29 is 8.42 Å². The van der Waals surface area contributed by atoms with Gasteiger partial charge in [0.25, 0.3) is 0 Å². The highest BCUT2D eigenvalue weighted by atomic mass is 32.2. The van der Waals surface area contributed by atoms with Gasteiger partial charge in [-0.3, -0.25) is 9.80 Å². The Kier molecular flexibility index (Phi) is 4.10. The molecule has 2 N–H and O–H groups in total. The average Bonchev–Trinajstić information content (AvgIpc) is 2.47. The summed E-state index contributed by atoms with van der Waals surface area (Å²) in [5.74, 6) is 0.629. The van der Waals surface area contributed by atoms with Gasteiger partial charge in [-0.1, -0.05) is 6.42 Å². The highest BCUT2D eigenvalue weighted by Crippen LogP contribution is 2.33. The summed E-state index contributed by atoms with van der Waals surface area (Å²) in [6.07, 6.45) is 5.39. The van der Waals surface area contributed by atoms with Crippen molar-refractivity contribution in [3.63, 3.8) is 0 Å². The Morgan fingerprint density at radius 1 is 1.10 bits per heavy atom. The fraction of sp³-hybridized carbons (Fsp3) is 1.00. The number of nitrogens with zero attached hydrogens (tertiary/aromatic N) is 2. The van der Waals surface area contributed by atoms with E-state index in [-0.39, 0.29) is 5.54 Å². The molecule has 3 aliphatic heterocycles. The highest BCUT2D eigenvalue weighted by Gasteiger charge is 2.43. The van der Waals surface area contributed by atoms with Crippen molar-refractivity contribution in [3.8, 4) is 0 Å². The van der Waals surface area contributed by atoms with Crippen LogP contribution in [0.2, 0.25) is 0 Å². The van der Waals surface area contributed by atoms with Crippen molar-refractivity contribution in [2.75, 3.05) is 44.2 Å². The summed E-state index contributed by atoms with van der Waals surface area (Å²) in [5, 5.41) is 0. The van der Waals surface area contributed by atoms with Crippen LogP contribution in [-0.2, 0) is 9.84 Å². The molecule has 0 aliphatic carbocycles. The monoisotopic (exact) mass is 301 g/mol. The minimum atomic E-state index is -2.82. The zero-order valence-corrected chi connectivity index (χ0v) is 13.1. The Hall–Kier alpha value is -0.170. The summed E-state index contributed by atoms with van der Waals surface area (Å²) >= 11 is 0. The Labute approximate surface area is 122 Å².